The Balaban J connectivity index is 1.86. The van der Waals surface area contributed by atoms with Crippen molar-refractivity contribution >= 4 is 17.5 Å². The van der Waals surface area contributed by atoms with E-state index < -0.39 is 0 Å². The van der Waals surface area contributed by atoms with Gasteiger partial charge in [-0.1, -0.05) is 19.9 Å². The van der Waals surface area contributed by atoms with Crippen molar-refractivity contribution in [3.8, 4) is 0 Å². The smallest absolute Gasteiger partial charge is 0.251 e. The average Bonchev–Trinajstić information content (AvgIpc) is 2.47. The van der Waals surface area contributed by atoms with Gasteiger partial charge in [0, 0.05) is 36.3 Å². The number of hydrogen-bond donors (Lipinski definition) is 2. The van der Waals surface area contributed by atoms with Crippen LogP contribution in [0.1, 0.15) is 37.0 Å². The molecule has 1 saturated heterocycles. The lowest BCUT2D eigenvalue weighted by Crippen LogP contribution is -2.47. The van der Waals surface area contributed by atoms with Gasteiger partial charge in [-0.05, 0) is 31.0 Å². The summed E-state index contributed by atoms with van der Waals surface area (Å²) in [5.74, 6) is 0.120. The lowest BCUT2D eigenvalue weighted by molar-refractivity contribution is -0.135. The first-order valence-electron chi connectivity index (χ1n) is 7.42. The van der Waals surface area contributed by atoms with Crippen molar-refractivity contribution in [2.45, 2.75) is 32.7 Å². The normalized spacial score (nSPS) is 16.0. The van der Waals surface area contributed by atoms with Crippen LogP contribution in [0.15, 0.2) is 24.3 Å². The molecule has 0 unspecified atom stereocenters. The number of carbonyl (C=O) groups excluding carboxylic acids is 2. The van der Waals surface area contributed by atoms with Gasteiger partial charge in [-0.15, -0.1) is 0 Å². The Labute approximate surface area is 125 Å². The van der Waals surface area contributed by atoms with E-state index >= 15 is 0 Å². The maximum Gasteiger partial charge on any atom is 0.251 e. The van der Waals surface area contributed by atoms with Crippen LogP contribution < -0.4 is 11.1 Å². The Hall–Kier alpha value is -2.04. The van der Waals surface area contributed by atoms with Crippen LogP contribution in [0.4, 0.5) is 5.69 Å². The molecule has 5 heteroatoms. The van der Waals surface area contributed by atoms with Crippen molar-refractivity contribution in [3.63, 3.8) is 0 Å². The Morgan fingerprint density at radius 1 is 1.29 bits per heavy atom. The van der Waals surface area contributed by atoms with Gasteiger partial charge in [0.25, 0.3) is 5.91 Å². The van der Waals surface area contributed by atoms with E-state index in [1.807, 2.05) is 18.7 Å². The van der Waals surface area contributed by atoms with Crippen LogP contribution in [-0.2, 0) is 4.79 Å². The minimum Gasteiger partial charge on any atom is -0.399 e. The molecule has 0 radical (unpaired) electrons. The van der Waals surface area contributed by atoms with Gasteiger partial charge in [0.05, 0.1) is 0 Å². The molecule has 5 nitrogen and oxygen atoms in total. The van der Waals surface area contributed by atoms with Crippen molar-refractivity contribution < 1.29 is 9.59 Å². The number of hydrogen-bond acceptors (Lipinski definition) is 3. The molecule has 2 rings (SSSR count). The first kappa shape index (κ1) is 15.4. The van der Waals surface area contributed by atoms with Gasteiger partial charge < -0.3 is 16.0 Å². The third kappa shape index (κ3) is 3.97. The van der Waals surface area contributed by atoms with E-state index in [4.69, 9.17) is 5.73 Å². The number of benzene rings is 1. The molecule has 1 fully saturated rings. The van der Waals surface area contributed by atoms with Gasteiger partial charge in [0.2, 0.25) is 5.91 Å². The van der Waals surface area contributed by atoms with Crippen molar-refractivity contribution in [3.05, 3.63) is 29.8 Å². The molecule has 1 aliphatic heterocycles. The zero-order valence-electron chi connectivity index (χ0n) is 12.6. The highest BCUT2D eigenvalue weighted by Gasteiger charge is 2.25. The van der Waals surface area contributed by atoms with Crippen molar-refractivity contribution in [2.24, 2.45) is 5.92 Å². The molecule has 1 aromatic carbocycles. The van der Waals surface area contributed by atoms with Crippen LogP contribution in [0.3, 0.4) is 0 Å². The van der Waals surface area contributed by atoms with Crippen molar-refractivity contribution in [2.75, 3.05) is 18.8 Å². The minimum atomic E-state index is -0.101. The average molecular weight is 289 g/mol. The maximum atomic E-state index is 12.1. The summed E-state index contributed by atoms with van der Waals surface area (Å²) in [6.45, 7) is 5.24. The SMILES string of the molecule is CC(C)C(=O)N1CCC(NC(=O)c2cccc(N)c2)CC1. The van der Waals surface area contributed by atoms with Crippen LogP contribution in [-0.4, -0.2) is 35.8 Å². The van der Waals surface area contributed by atoms with Gasteiger partial charge in [-0.2, -0.15) is 0 Å². The Kier molecular flexibility index (Phi) is 4.83. The van der Waals surface area contributed by atoms with E-state index in [0.29, 0.717) is 24.3 Å². The fraction of sp³-hybridized carbons (Fsp3) is 0.500. The molecule has 0 atom stereocenters. The predicted octanol–water partition coefficient (Wildman–Crippen LogP) is 1.65. The second-order valence-corrected chi connectivity index (χ2v) is 5.85. The fourth-order valence-corrected chi connectivity index (χ4v) is 2.56. The van der Waals surface area contributed by atoms with Crippen LogP contribution >= 0.6 is 0 Å². The Bertz CT molecular complexity index is 520. The molecule has 114 valence electrons. The molecule has 21 heavy (non-hydrogen) atoms. The first-order chi connectivity index (χ1) is 9.97. The molecule has 0 spiro atoms. The second kappa shape index (κ2) is 6.61. The van der Waals surface area contributed by atoms with Gasteiger partial charge in [0.15, 0.2) is 0 Å². The summed E-state index contributed by atoms with van der Waals surface area (Å²) in [6, 6.07) is 7.08. The summed E-state index contributed by atoms with van der Waals surface area (Å²) in [7, 11) is 0. The molecule has 0 aromatic heterocycles. The zero-order valence-corrected chi connectivity index (χ0v) is 12.6. The van der Waals surface area contributed by atoms with Crippen molar-refractivity contribution in [1.29, 1.82) is 0 Å². The summed E-state index contributed by atoms with van der Waals surface area (Å²) < 4.78 is 0. The Morgan fingerprint density at radius 2 is 1.95 bits per heavy atom. The molecular formula is C16H23N3O2. The lowest BCUT2D eigenvalue weighted by Gasteiger charge is -2.33. The zero-order chi connectivity index (χ0) is 15.4. The van der Waals surface area contributed by atoms with Crippen LogP contribution in [0, 0.1) is 5.92 Å². The highest BCUT2D eigenvalue weighted by Crippen LogP contribution is 2.14. The predicted molar refractivity (Wildman–Crippen MR) is 82.8 cm³/mol. The number of rotatable bonds is 3. The number of nitrogens with one attached hydrogen (secondary N) is 1. The molecule has 0 aliphatic carbocycles. The topological polar surface area (TPSA) is 75.4 Å². The maximum absolute atomic E-state index is 12.1. The second-order valence-electron chi connectivity index (χ2n) is 5.85. The molecular weight excluding hydrogens is 266 g/mol. The molecule has 1 aliphatic rings. The number of nitrogen functional groups attached to an aromatic ring is 1. The van der Waals surface area contributed by atoms with E-state index in [1.165, 1.54) is 0 Å². The fourth-order valence-electron chi connectivity index (χ4n) is 2.56. The minimum absolute atomic E-state index is 0.0310. The lowest BCUT2D eigenvalue weighted by atomic mass is 10.0. The summed E-state index contributed by atoms with van der Waals surface area (Å²) >= 11 is 0. The van der Waals surface area contributed by atoms with Crippen LogP contribution in [0.25, 0.3) is 0 Å². The Morgan fingerprint density at radius 3 is 2.52 bits per heavy atom. The number of carbonyl (C=O) groups is 2. The molecule has 0 bridgehead atoms. The highest BCUT2D eigenvalue weighted by atomic mass is 16.2. The summed E-state index contributed by atoms with van der Waals surface area (Å²) in [5.41, 5.74) is 6.85. The van der Waals surface area contributed by atoms with E-state index in [9.17, 15) is 9.59 Å². The highest BCUT2D eigenvalue weighted by molar-refractivity contribution is 5.95. The third-order valence-electron chi connectivity index (χ3n) is 3.78. The third-order valence-corrected chi connectivity index (χ3v) is 3.78. The molecule has 1 heterocycles. The van der Waals surface area contributed by atoms with Gasteiger partial charge in [0.1, 0.15) is 0 Å². The summed E-state index contributed by atoms with van der Waals surface area (Å²) in [6.07, 6.45) is 1.60. The molecule has 1 aromatic rings. The largest absolute Gasteiger partial charge is 0.399 e. The van der Waals surface area contributed by atoms with Crippen LogP contribution in [0.2, 0.25) is 0 Å². The quantitative estimate of drug-likeness (QED) is 0.831. The molecule has 0 saturated carbocycles. The van der Waals surface area contributed by atoms with Crippen LogP contribution in [0.5, 0.6) is 0 Å². The van der Waals surface area contributed by atoms with E-state index in [2.05, 4.69) is 5.32 Å². The summed E-state index contributed by atoms with van der Waals surface area (Å²) in [4.78, 5) is 25.9. The number of nitrogens with zero attached hydrogens (tertiary/aromatic N) is 1. The number of amides is 2. The number of piperidine rings is 1. The van der Waals surface area contributed by atoms with Gasteiger partial charge in [-0.25, -0.2) is 0 Å². The van der Waals surface area contributed by atoms with Crippen molar-refractivity contribution in [1.82, 2.24) is 10.2 Å². The van der Waals surface area contributed by atoms with E-state index in [-0.39, 0.29) is 23.8 Å². The number of likely N-dealkylation sites (tertiary alicyclic amines) is 1. The molecule has 2 amide bonds. The standard InChI is InChI=1S/C16H23N3O2/c1-11(2)16(21)19-8-6-14(7-9-19)18-15(20)12-4-3-5-13(17)10-12/h3-5,10-11,14H,6-9,17H2,1-2H3,(H,18,20). The molecule has 3 N–H and O–H groups in total. The van der Waals surface area contributed by atoms with Gasteiger partial charge >= 0.3 is 0 Å². The monoisotopic (exact) mass is 289 g/mol. The van der Waals surface area contributed by atoms with Gasteiger partial charge in [-0.3, -0.25) is 9.59 Å². The van der Waals surface area contributed by atoms with E-state index in [1.54, 1.807) is 24.3 Å². The number of anilines is 1. The first-order valence-corrected chi connectivity index (χ1v) is 7.42. The number of nitrogens with two attached hydrogens (primary N) is 1. The van der Waals surface area contributed by atoms with E-state index in [0.717, 1.165) is 12.8 Å². The summed E-state index contributed by atoms with van der Waals surface area (Å²) in [5, 5.41) is 3.02.